The maximum atomic E-state index is 10.7. The molecule has 0 amide bonds. The molecule has 0 saturated heterocycles. The molecule has 1 heterocycles. The smallest absolute Gasteiger partial charge is 0.305 e. The minimum Gasteiger partial charge on any atom is -0.481 e. The average molecular weight is 223 g/mol. The summed E-state index contributed by atoms with van der Waals surface area (Å²) < 4.78 is 10.4. The molecule has 0 radical (unpaired) electrons. The lowest BCUT2D eigenvalue weighted by molar-refractivity contribution is -0.137. The van der Waals surface area contributed by atoms with Gasteiger partial charge in [-0.2, -0.15) is 0 Å². The van der Waals surface area contributed by atoms with Crippen molar-refractivity contribution in [2.75, 3.05) is 13.8 Å². The van der Waals surface area contributed by atoms with E-state index in [1.165, 1.54) is 0 Å². The largest absolute Gasteiger partial charge is 0.481 e. The van der Waals surface area contributed by atoms with Gasteiger partial charge < -0.3 is 19.9 Å². The van der Waals surface area contributed by atoms with E-state index < -0.39 is 5.97 Å². The Balaban J connectivity index is 2.21. The van der Waals surface area contributed by atoms with Gasteiger partial charge in [0.15, 0.2) is 11.5 Å². The fraction of sp³-hybridized carbons (Fsp3) is 0.364. The van der Waals surface area contributed by atoms with Gasteiger partial charge in [-0.05, 0) is 24.7 Å². The number of fused-ring (bicyclic) bond motifs is 1. The van der Waals surface area contributed by atoms with Gasteiger partial charge in [-0.1, -0.05) is 6.07 Å². The number of carboxylic acids is 1. The molecule has 2 rings (SSSR count). The minimum absolute atomic E-state index is 0.0378. The van der Waals surface area contributed by atoms with Crippen LogP contribution in [0.1, 0.15) is 18.0 Å². The summed E-state index contributed by atoms with van der Waals surface area (Å²) in [6, 6.07) is 5.24. The Bertz CT molecular complexity index is 405. The zero-order valence-corrected chi connectivity index (χ0v) is 8.90. The van der Waals surface area contributed by atoms with Gasteiger partial charge in [-0.15, -0.1) is 0 Å². The first kappa shape index (κ1) is 10.8. The minimum atomic E-state index is -0.836. The number of nitrogens with one attached hydrogen (secondary N) is 1. The van der Waals surface area contributed by atoms with Crippen LogP contribution in [0.3, 0.4) is 0 Å². The van der Waals surface area contributed by atoms with Crippen LogP contribution in [-0.2, 0) is 4.79 Å². The molecule has 0 aliphatic carbocycles. The maximum Gasteiger partial charge on any atom is 0.305 e. The molecule has 0 aromatic heterocycles. The van der Waals surface area contributed by atoms with Crippen LogP contribution in [0.2, 0.25) is 0 Å². The van der Waals surface area contributed by atoms with Crippen molar-refractivity contribution in [3.8, 4) is 11.5 Å². The SMILES string of the molecule is CN[C@H](CC(=O)O)c1ccc2c(c1)OCO2. The standard InChI is InChI=1S/C11H13NO4/c1-12-8(5-11(13)14)7-2-3-9-10(4-7)16-6-15-9/h2-4,8,12H,5-6H2,1H3,(H,13,14)/t8-/m1/s1. The van der Waals surface area contributed by atoms with Gasteiger partial charge in [0, 0.05) is 6.04 Å². The lowest BCUT2D eigenvalue weighted by Gasteiger charge is -2.14. The molecule has 1 aliphatic rings. The monoisotopic (exact) mass is 223 g/mol. The maximum absolute atomic E-state index is 10.7. The van der Waals surface area contributed by atoms with Crippen LogP contribution in [0.4, 0.5) is 0 Å². The second-order valence-corrected chi connectivity index (χ2v) is 3.55. The van der Waals surface area contributed by atoms with Crippen molar-refractivity contribution in [2.24, 2.45) is 0 Å². The molecule has 0 bridgehead atoms. The van der Waals surface area contributed by atoms with Crippen molar-refractivity contribution in [3.05, 3.63) is 23.8 Å². The second kappa shape index (κ2) is 4.40. The Hall–Kier alpha value is -1.75. The summed E-state index contributed by atoms with van der Waals surface area (Å²) in [5.74, 6) is 0.536. The summed E-state index contributed by atoms with van der Waals surface area (Å²) in [6.45, 7) is 0.224. The van der Waals surface area contributed by atoms with Gasteiger partial charge in [-0.25, -0.2) is 0 Å². The zero-order chi connectivity index (χ0) is 11.5. The van der Waals surface area contributed by atoms with Gasteiger partial charge in [0.05, 0.1) is 6.42 Å². The first-order chi connectivity index (χ1) is 7.70. The molecule has 16 heavy (non-hydrogen) atoms. The molecular formula is C11H13NO4. The molecule has 0 unspecified atom stereocenters. The van der Waals surface area contributed by atoms with Crippen molar-refractivity contribution in [2.45, 2.75) is 12.5 Å². The number of aliphatic carboxylic acids is 1. The number of hydrogen-bond acceptors (Lipinski definition) is 4. The van der Waals surface area contributed by atoms with Crippen LogP contribution in [0.5, 0.6) is 11.5 Å². The molecular weight excluding hydrogens is 210 g/mol. The summed E-state index contributed by atoms with van der Waals surface area (Å²) in [5.41, 5.74) is 0.883. The zero-order valence-electron chi connectivity index (χ0n) is 8.90. The normalized spacial score (nSPS) is 14.8. The van der Waals surface area contributed by atoms with Crippen LogP contribution in [0.15, 0.2) is 18.2 Å². The molecule has 0 saturated carbocycles. The van der Waals surface area contributed by atoms with Crippen molar-refractivity contribution in [1.29, 1.82) is 0 Å². The highest BCUT2D eigenvalue weighted by Crippen LogP contribution is 2.34. The molecule has 1 atom stereocenters. The lowest BCUT2D eigenvalue weighted by atomic mass is 10.0. The van der Waals surface area contributed by atoms with Gasteiger partial charge in [0.1, 0.15) is 0 Å². The van der Waals surface area contributed by atoms with Crippen LogP contribution in [0.25, 0.3) is 0 Å². The van der Waals surface area contributed by atoms with Crippen molar-refractivity contribution >= 4 is 5.97 Å². The highest BCUT2D eigenvalue weighted by molar-refractivity contribution is 5.68. The summed E-state index contributed by atoms with van der Waals surface area (Å²) in [5, 5.41) is 11.7. The van der Waals surface area contributed by atoms with Crippen molar-refractivity contribution in [1.82, 2.24) is 5.32 Å². The van der Waals surface area contributed by atoms with Gasteiger partial charge in [0.2, 0.25) is 6.79 Å². The first-order valence-electron chi connectivity index (χ1n) is 4.99. The van der Waals surface area contributed by atoms with Crippen LogP contribution in [-0.4, -0.2) is 24.9 Å². The quantitative estimate of drug-likeness (QED) is 0.801. The molecule has 5 heteroatoms. The van der Waals surface area contributed by atoms with E-state index in [1.54, 1.807) is 13.1 Å². The Morgan fingerprint density at radius 3 is 2.94 bits per heavy atom. The summed E-state index contributed by atoms with van der Waals surface area (Å²) in [4.78, 5) is 10.7. The van der Waals surface area contributed by atoms with E-state index in [9.17, 15) is 4.79 Å². The molecule has 1 aliphatic heterocycles. The Morgan fingerprint density at radius 1 is 1.50 bits per heavy atom. The molecule has 86 valence electrons. The second-order valence-electron chi connectivity index (χ2n) is 3.55. The Kier molecular flexibility index (Phi) is 2.96. The molecule has 5 nitrogen and oxygen atoms in total. The lowest BCUT2D eigenvalue weighted by Crippen LogP contribution is -2.19. The van der Waals surface area contributed by atoms with E-state index >= 15 is 0 Å². The fourth-order valence-electron chi connectivity index (χ4n) is 1.69. The van der Waals surface area contributed by atoms with E-state index in [0.29, 0.717) is 11.5 Å². The van der Waals surface area contributed by atoms with E-state index in [1.807, 2.05) is 12.1 Å². The Morgan fingerprint density at radius 2 is 2.25 bits per heavy atom. The van der Waals surface area contributed by atoms with Crippen molar-refractivity contribution in [3.63, 3.8) is 0 Å². The number of hydrogen-bond donors (Lipinski definition) is 2. The third-order valence-corrected chi connectivity index (χ3v) is 2.53. The van der Waals surface area contributed by atoms with Gasteiger partial charge in [-0.3, -0.25) is 4.79 Å². The predicted octanol–water partition coefficient (Wildman–Crippen LogP) is 1.15. The van der Waals surface area contributed by atoms with Crippen molar-refractivity contribution < 1.29 is 19.4 Å². The summed E-state index contributed by atoms with van der Waals surface area (Å²) >= 11 is 0. The predicted molar refractivity (Wildman–Crippen MR) is 56.6 cm³/mol. The number of rotatable bonds is 4. The van der Waals surface area contributed by atoms with E-state index in [-0.39, 0.29) is 19.3 Å². The highest BCUT2D eigenvalue weighted by atomic mass is 16.7. The topological polar surface area (TPSA) is 67.8 Å². The number of benzene rings is 1. The highest BCUT2D eigenvalue weighted by Gasteiger charge is 2.18. The molecule has 1 aromatic rings. The third kappa shape index (κ3) is 2.09. The van der Waals surface area contributed by atoms with Crippen LogP contribution < -0.4 is 14.8 Å². The number of ether oxygens (including phenoxy) is 2. The fourth-order valence-corrected chi connectivity index (χ4v) is 1.69. The molecule has 0 fully saturated rings. The van der Waals surface area contributed by atoms with E-state index in [0.717, 1.165) is 5.56 Å². The first-order valence-corrected chi connectivity index (χ1v) is 4.99. The molecule has 0 spiro atoms. The van der Waals surface area contributed by atoms with Crippen LogP contribution >= 0.6 is 0 Å². The van der Waals surface area contributed by atoms with Gasteiger partial charge >= 0.3 is 5.97 Å². The summed E-state index contributed by atoms with van der Waals surface area (Å²) in [7, 11) is 1.73. The van der Waals surface area contributed by atoms with Crippen LogP contribution in [0, 0.1) is 0 Å². The number of carbonyl (C=O) groups is 1. The Labute approximate surface area is 93.0 Å². The number of carboxylic acid groups (broad SMARTS) is 1. The molecule has 2 N–H and O–H groups in total. The third-order valence-electron chi connectivity index (χ3n) is 2.53. The van der Waals surface area contributed by atoms with Gasteiger partial charge in [0.25, 0.3) is 0 Å². The van der Waals surface area contributed by atoms with E-state index in [4.69, 9.17) is 14.6 Å². The van der Waals surface area contributed by atoms with E-state index in [2.05, 4.69) is 5.32 Å². The summed E-state index contributed by atoms with van der Waals surface area (Å²) in [6.07, 6.45) is 0.0378. The average Bonchev–Trinajstić information content (AvgIpc) is 2.72. The molecule has 1 aromatic carbocycles.